The SMILES string of the molecule is O=S(=O)(/C=C/c1ccccc1)NC1(F)C=CC(F)C(F)(F)C1(F)F. The average molecular weight is 371 g/mol. The van der Waals surface area contributed by atoms with Gasteiger partial charge in [-0.1, -0.05) is 30.3 Å². The fraction of sp³-hybridized carbons (Fsp3) is 0.286. The standard InChI is InChI=1S/C14H11F6NO2S/c15-11-6-8-12(16,14(19,20)13(11,17)18)21-24(22,23)9-7-10-4-2-1-3-5-10/h1-9,11,21H/b9-7+. The first-order chi connectivity index (χ1) is 10.9. The fourth-order valence-electron chi connectivity index (χ4n) is 1.93. The van der Waals surface area contributed by atoms with E-state index in [1.807, 2.05) is 0 Å². The number of allylic oxidation sites excluding steroid dienone is 1. The number of rotatable bonds is 4. The molecule has 0 spiro atoms. The van der Waals surface area contributed by atoms with Gasteiger partial charge in [0.2, 0.25) is 10.0 Å². The van der Waals surface area contributed by atoms with Gasteiger partial charge in [-0.2, -0.15) is 22.3 Å². The second-order valence-corrected chi connectivity index (χ2v) is 6.60. The summed E-state index contributed by atoms with van der Waals surface area (Å²) in [6.45, 7) is 0. The lowest BCUT2D eigenvalue weighted by molar-refractivity contribution is -0.283. The largest absolute Gasteiger partial charge is 0.364 e. The van der Waals surface area contributed by atoms with Crippen LogP contribution in [0, 0.1) is 0 Å². The minimum Gasteiger partial charge on any atom is -0.236 e. The number of hydrogen-bond donors (Lipinski definition) is 1. The maximum absolute atomic E-state index is 14.2. The van der Waals surface area contributed by atoms with Gasteiger partial charge in [0.15, 0.2) is 6.17 Å². The monoisotopic (exact) mass is 371 g/mol. The molecule has 0 aliphatic heterocycles. The Balaban J connectivity index is 2.31. The zero-order chi connectivity index (χ0) is 18.2. The summed E-state index contributed by atoms with van der Waals surface area (Å²) < 4.78 is 105. The number of nitrogens with one attached hydrogen (secondary N) is 1. The van der Waals surface area contributed by atoms with Crippen LogP contribution in [0.3, 0.4) is 0 Å². The van der Waals surface area contributed by atoms with Crippen molar-refractivity contribution in [2.24, 2.45) is 0 Å². The summed E-state index contributed by atoms with van der Waals surface area (Å²) in [5.74, 6) is -15.5. The molecular formula is C14H11F6NO2S. The summed E-state index contributed by atoms with van der Waals surface area (Å²) in [4.78, 5) is 0. The Morgan fingerprint density at radius 3 is 2.21 bits per heavy atom. The van der Waals surface area contributed by atoms with Crippen LogP contribution in [0.5, 0.6) is 0 Å². The first kappa shape index (κ1) is 18.5. The smallest absolute Gasteiger partial charge is 0.236 e. The van der Waals surface area contributed by atoms with Crippen molar-refractivity contribution in [1.29, 1.82) is 0 Å². The summed E-state index contributed by atoms with van der Waals surface area (Å²) in [7, 11) is -4.87. The first-order valence-electron chi connectivity index (χ1n) is 6.46. The van der Waals surface area contributed by atoms with E-state index in [0.717, 1.165) is 10.8 Å². The van der Waals surface area contributed by atoms with E-state index in [0.29, 0.717) is 11.0 Å². The molecule has 10 heteroatoms. The number of sulfonamides is 1. The molecule has 24 heavy (non-hydrogen) atoms. The molecule has 0 heterocycles. The van der Waals surface area contributed by atoms with E-state index < -0.39 is 33.8 Å². The second-order valence-electron chi connectivity index (χ2n) is 5.03. The zero-order valence-corrected chi connectivity index (χ0v) is 12.6. The molecule has 132 valence electrons. The minimum absolute atomic E-state index is 0.152. The van der Waals surface area contributed by atoms with E-state index in [1.54, 1.807) is 18.2 Å². The van der Waals surface area contributed by atoms with Gasteiger partial charge in [-0.15, -0.1) is 0 Å². The molecule has 1 aromatic rings. The van der Waals surface area contributed by atoms with Crippen molar-refractivity contribution < 1.29 is 34.8 Å². The van der Waals surface area contributed by atoms with E-state index >= 15 is 0 Å². The molecule has 2 rings (SSSR count). The molecule has 0 saturated carbocycles. The van der Waals surface area contributed by atoms with Crippen LogP contribution in [0.2, 0.25) is 0 Å². The van der Waals surface area contributed by atoms with Crippen LogP contribution >= 0.6 is 0 Å². The molecule has 1 aromatic carbocycles. The molecule has 1 aliphatic carbocycles. The number of benzene rings is 1. The topological polar surface area (TPSA) is 46.2 Å². The maximum Gasteiger partial charge on any atom is 0.364 e. The normalized spacial score (nSPS) is 29.0. The van der Waals surface area contributed by atoms with Crippen molar-refractivity contribution in [2.75, 3.05) is 0 Å². The Labute approximate surface area is 133 Å². The van der Waals surface area contributed by atoms with E-state index in [4.69, 9.17) is 0 Å². The molecule has 1 aliphatic rings. The third-order valence-corrected chi connectivity index (χ3v) is 4.32. The van der Waals surface area contributed by atoms with Crippen molar-refractivity contribution in [3.8, 4) is 0 Å². The Morgan fingerprint density at radius 1 is 1.04 bits per heavy atom. The van der Waals surface area contributed by atoms with Crippen molar-refractivity contribution in [2.45, 2.75) is 23.8 Å². The first-order valence-corrected chi connectivity index (χ1v) is 8.01. The van der Waals surface area contributed by atoms with E-state index in [1.165, 1.54) is 12.1 Å². The van der Waals surface area contributed by atoms with Crippen molar-refractivity contribution in [1.82, 2.24) is 4.72 Å². The van der Waals surface area contributed by atoms with Crippen LogP contribution in [0.1, 0.15) is 5.56 Å². The quantitative estimate of drug-likeness (QED) is 0.501. The molecule has 0 bridgehead atoms. The van der Waals surface area contributed by atoms with Crippen molar-refractivity contribution >= 4 is 16.1 Å². The third kappa shape index (κ3) is 3.20. The highest BCUT2D eigenvalue weighted by Crippen LogP contribution is 2.50. The van der Waals surface area contributed by atoms with E-state index in [2.05, 4.69) is 0 Å². The number of alkyl halides is 6. The van der Waals surface area contributed by atoms with Crippen LogP contribution in [-0.4, -0.2) is 32.2 Å². The van der Waals surface area contributed by atoms with Gasteiger partial charge < -0.3 is 0 Å². The predicted molar refractivity (Wildman–Crippen MR) is 75.3 cm³/mol. The molecule has 0 saturated heterocycles. The predicted octanol–water partition coefficient (Wildman–Crippen LogP) is 3.42. The van der Waals surface area contributed by atoms with E-state index in [-0.39, 0.29) is 12.2 Å². The highest BCUT2D eigenvalue weighted by Gasteiger charge is 2.75. The Bertz CT molecular complexity index is 763. The zero-order valence-electron chi connectivity index (χ0n) is 11.8. The molecule has 2 unspecified atom stereocenters. The molecule has 0 aromatic heterocycles. The van der Waals surface area contributed by atoms with Crippen LogP contribution in [-0.2, 0) is 10.0 Å². The molecule has 0 amide bonds. The molecule has 1 N–H and O–H groups in total. The lowest BCUT2D eigenvalue weighted by atomic mass is 9.91. The highest BCUT2D eigenvalue weighted by molar-refractivity contribution is 7.92. The Kier molecular flexibility index (Phi) is 4.57. The summed E-state index contributed by atoms with van der Waals surface area (Å²) >= 11 is 0. The van der Waals surface area contributed by atoms with Crippen LogP contribution in [0.15, 0.2) is 47.9 Å². The van der Waals surface area contributed by atoms with Crippen LogP contribution in [0.4, 0.5) is 26.3 Å². The summed E-state index contributed by atoms with van der Waals surface area (Å²) in [6.07, 6.45) is -2.91. The number of halogens is 6. The van der Waals surface area contributed by atoms with Gasteiger partial charge in [0.05, 0.1) is 0 Å². The number of hydrogen-bond acceptors (Lipinski definition) is 2. The van der Waals surface area contributed by atoms with Gasteiger partial charge in [-0.25, -0.2) is 17.2 Å². The van der Waals surface area contributed by atoms with Crippen molar-refractivity contribution in [3.05, 3.63) is 53.5 Å². The third-order valence-electron chi connectivity index (χ3n) is 3.25. The second kappa shape index (κ2) is 5.92. The lowest BCUT2D eigenvalue weighted by Gasteiger charge is -2.39. The maximum atomic E-state index is 14.2. The molecule has 2 atom stereocenters. The Hall–Kier alpha value is -1.81. The van der Waals surface area contributed by atoms with Gasteiger partial charge in [0.25, 0.3) is 5.79 Å². The summed E-state index contributed by atoms with van der Waals surface area (Å²) in [5, 5.41) is 0.341. The average Bonchev–Trinajstić information content (AvgIpc) is 2.50. The lowest BCUT2D eigenvalue weighted by Crippen LogP contribution is -2.67. The fourth-order valence-corrected chi connectivity index (χ4v) is 2.94. The van der Waals surface area contributed by atoms with Gasteiger partial charge in [0, 0.05) is 5.41 Å². The van der Waals surface area contributed by atoms with Gasteiger partial charge in [-0.05, 0) is 23.8 Å². The molecule has 0 radical (unpaired) electrons. The van der Waals surface area contributed by atoms with Gasteiger partial charge in [-0.3, -0.25) is 0 Å². The minimum atomic E-state index is -5.62. The molecule has 0 fully saturated rings. The van der Waals surface area contributed by atoms with Gasteiger partial charge in [0.1, 0.15) is 0 Å². The van der Waals surface area contributed by atoms with Crippen LogP contribution < -0.4 is 4.72 Å². The summed E-state index contributed by atoms with van der Waals surface area (Å²) in [5.41, 5.74) is 0.343. The van der Waals surface area contributed by atoms with E-state index in [9.17, 15) is 34.8 Å². The van der Waals surface area contributed by atoms with Crippen LogP contribution in [0.25, 0.3) is 6.08 Å². The van der Waals surface area contributed by atoms with Gasteiger partial charge >= 0.3 is 11.8 Å². The Morgan fingerprint density at radius 2 is 1.62 bits per heavy atom. The molecule has 3 nitrogen and oxygen atoms in total. The van der Waals surface area contributed by atoms with Crippen molar-refractivity contribution in [3.63, 3.8) is 0 Å². The highest BCUT2D eigenvalue weighted by atomic mass is 32.2. The summed E-state index contributed by atoms with van der Waals surface area (Å²) in [6, 6.07) is 7.67. The molecular weight excluding hydrogens is 360 g/mol.